The Kier molecular flexibility index (Phi) is 6.74. The molecule has 2 heteroatoms. The molecular weight excluding hydrogens is 256 g/mol. The van der Waals surface area contributed by atoms with Crippen LogP contribution in [-0.4, -0.2) is 36.1 Å². The fourth-order valence-electron chi connectivity index (χ4n) is 3.31. The Morgan fingerprint density at radius 1 is 0.952 bits per heavy atom. The molecule has 1 N–H and O–H groups in total. The summed E-state index contributed by atoms with van der Waals surface area (Å²) in [4.78, 5) is 2.61. The number of hydrogen-bond acceptors (Lipinski definition) is 2. The van der Waals surface area contributed by atoms with E-state index in [1.54, 1.807) is 0 Å². The second kappa shape index (κ2) is 7.46. The molecule has 21 heavy (non-hydrogen) atoms. The second-order valence-corrected chi connectivity index (χ2v) is 9.04. The molecule has 1 saturated carbocycles. The van der Waals surface area contributed by atoms with Crippen molar-refractivity contribution in [2.45, 2.75) is 97.6 Å². The van der Waals surface area contributed by atoms with E-state index in [1.807, 2.05) is 0 Å². The number of hydrogen-bond donors (Lipinski definition) is 1. The minimum absolute atomic E-state index is 0.220. The molecule has 0 atom stereocenters. The van der Waals surface area contributed by atoms with Crippen LogP contribution in [0.4, 0.5) is 0 Å². The molecule has 1 aliphatic carbocycles. The van der Waals surface area contributed by atoms with Crippen LogP contribution in [0.2, 0.25) is 0 Å². The van der Waals surface area contributed by atoms with Gasteiger partial charge >= 0.3 is 0 Å². The SMILES string of the molecule is CCC(C)(C)N(C)CC1(CNC(C)(C)C)CCCCCC1. The highest BCUT2D eigenvalue weighted by molar-refractivity contribution is 4.91. The molecule has 1 fully saturated rings. The lowest BCUT2D eigenvalue weighted by molar-refractivity contribution is 0.0664. The zero-order valence-corrected chi connectivity index (χ0v) is 15.8. The molecule has 0 amide bonds. The van der Waals surface area contributed by atoms with Crippen molar-refractivity contribution in [3.05, 3.63) is 0 Å². The number of rotatable bonds is 6. The molecule has 0 aromatic heterocycles. The molecule has 0 unspecified atom stereocenters. The smallest absolute Gasteiger partial charge is 0.0147 e. The van der Waals surface area contributed by atoms with E-state index in [-0.39, 0.29) is 5.54 Å². The van der Waals surface area contributed by atoms with Crippen LogP contribution in [0, 0.1) is 5.41 Å². The van der Waals surface area contributed by atoms with Gasteiger partial charge in [-0.15, -0.1) is 0 Å². The molecule has 0 heterocycles. The molecule has 0 aliphatic heterocycles. The Balaban J connectivity index is 2.80. The number of nitrogens with one attached hydrogen (secondary N) is 1. The Labute approximate surface area is 134 Å². The first-order valence-electron chi connectivity index (χ1n) is 9.07. The topological polar surface area (TPSA) is 15.3 Å². The van der Waals surface area contributed by atoms with E-state index in [9.17, 15) is 0 Å². The highest BCUT2D eigenvalue weighted by Gasteiger charge is 2.36. The maximum atomic E-state index is 3.81. The van der Waals surface area contributed by atoms with Gasteiger partial charge in [-0.25, -0.2) is 0 Å². The fourth-order valence-corrected chi connectivity index (χ4v) is 3.31. The highest BCUT2D eigenvalue weighted by Crippen LogP contribution is 2.37. The van der Waals surface area contributed by atoms with Crippen LogP contribution in [0.3, 0.4) is 0 Å². The van der Waals surface area contributed by atoms with Crippen molar-refractivity contribution >= 4 is 0 Å². The van der Waals surface area contributed by atoms with Crippen LogP contribution < -0.4 is 5.32 Å². The van der Waals surface area contributed by atoms with Crippen molar-refractivity contribution in [1.29, 1.82) is 0 Å². The first-order chi connectivity index (χ1) is 9.60. The molecule has 0 aromatic carbocycles. The Morgan fingerprint density at radius 3 is 1.90 bits per heavy atom. The Morgan fingerprint density at radius 2 is 1.48 bits per heavy atom. The van der Waals surface area contributed by atoms with E-state index >= 15 is 0 Å². The van der Waals surface area contributed by atoms with E-state index in [0.717, 1.165) is 0 Å². The highest BCUT2D eigenvalue weighted by atomic mass is 15.2. The molecule has 0 radical (unpaired) electrons. The maximum absolute atomic E-state index is 3.81. The molecule has 1 rings (SSSR count). The van der Waals surface area contributed by atoms with Gasteiger partial charge in [-0.3, -0.25) is 0 Å². The largest absolute Gasteiger partial charge is 0.311 e. The summed E-state index contributed by atoms with van der Waals surface area (Å²) in [6.07, 6.45) is 9.67. The molecule has 0 saturated heterocycles. The predicted octanol–water partition coefficient (Wildman–Crippen LogP) is 4.84. The third-order valence-electron chi connectivity index (χ3n) is 5.63. The predicted molar refractivity (Wildman–Crippen MR) is 94.9 cm³/mol. The number of nitrogens with zero attached hydrogens (tertiary/aromatic N) is 1. The van der Waals surface area contributed by atoms with Crippen molar-refractivity contribution in [3.8, 4) is 0 Å². The van der Waals surface area contributed by atoms with E-state index in [1.165, 1.54) is 58.0 Å². The Bertz CT molecular complexity index is 293. The zero-order chi connectivity index (χ0) is 16.1. The lowest BCUT2D eigenvalue weighted by Gasteiger charge is -2.44. The van der Waals surface area contributed by atoms with E-state index < -0.39 is 0 Å². The van der Waals surface area contributed by atoms with Crippen LogP contribution in [0.5, 0.6) is 0 Å². The van der Waals surface area contributed by atoms with Crippen molar-refractivity contribution < 1.29 is 0 Å². The van der Waals surface area contributed by atoms with Crippen LogP contribution in [0.25, 0.3) is 0 Å². The monoisotopic (exact) mass is 296 g/mol. The van der Waals surface area contributed by atoms with Gasteiger partial charge in [-0.05, 0) is 66.3 Å². The average molecular weight is 297 g/mol. The maximum Gasteiger partial charge on any atom is 0.0147 e. The van der Waals surface area contributed by atoms with Gasteiger partial charge in [0.25, 0.3) is 0 Å². The van der Waals surface area contributed by atoms with Crippen LogP contribution in [-0.2, 0) is 0 Å². The normalized spacial score (nSPS) is 20.6. The first-order valence-corrected chi connectivity index (χ1v) is 9.07. The second-order valence-electron chi connectivity index (χ2n) is 9.04. The van der Waals surface area contributed by atoms with Gasteiger partial charge in [0.15, 0.2) is 0 Å². The summed E-state index contributed by atoms with van der Waals surface area (Å²) in [5.41, 5.74) is 0.990. The van der Waals surface area contributed by atoms with Gasteiger partial charge < -0.3 is 10.2 Å². The third-order valence-corrected chi connectivity index (χ3v) is 5.63. The molecule has 2 nitrogen and oxygen atoms in total. The molecule has 0 aromatic rings. The van der Waals surface area contributed by atoms with Gasteiger partial charge in [0, 0.05) is 24.2 Å². The van der Waals surface area contributed by atoms with E-state index in [4.69, 9.17) is 0 Å². The average Bonchev–Trinajstić information content (AvgIpc) is 2.62. The standard InChI is InChI=1S/C19H40N2/c1-8-18(5,6)21(7)16-19(15-20-17(2,3)4)13-11-9-10-12-14-19/h20H,8-16H2,1-7H3. The molecule has 1 aliphatic rings. The third kappa shape index (κ3) is 6.28. The summed E-state index contributed by atoms with van der Waals surface area (Å²) in [5.74, 6) is 0. The minimum atomic E-state index is 0.220. The Hall–Kier alpha value is -0.0800. The van der Waals surface area contributed by atoms with Gasteiger partial charge in [0.2, 0.25) is 0 Å². The van der Waals surface area contributed by atoms with Crippen LogP contribution in [0.1, 0.15) is 86.5 Å². The summed E-state index contributed by atoms with van der Waals surface area (Å²) in [5, 5.41) is 3.81. The van der Waals surface area contributed by atoms with Gasteiger partial charge in [0.05, 0.1) is 0 Å². The van der Waals surface area contributed by atoms with E-state index in [0.29, 0.717) is 11.0 Å². The summed E-state index contributed by atoms with van der Waals surface area (Å²) in [7, 11) is 2.33. The summed E-state index contributed by atoms with van der Waals surface area (Å²) in [6.45, 7) is 16.3. The summed E-state index contributed by atoms with van der Waals surface area (Å²) < 4.78 is 0. The zero-order valence-electron chi connectivity index (χ0n) is 15.8. The molecule has 0 spiro atoms. The van der Waals surface area contributed by atoms with Gasteiger partial charge in [-0.1, -0.05) is 32.6 Å². The molecule has 0 bridgehead atoms. The van der Waals surface area contributed by atoms with E-state index in [2.05, 4.69) is 58.8 Å². The summed E-state index contributed by atoms with van der Waals surface area (Å²) >= 11 is 0. The van der Waals surface area contributed by atoms with Crippen LogP contribution >= 0.6 is 0 Å². The first kappa shape index (κ1) is 19.0. The van der Waals surface area contributed by atoms with Gasteiger partial charge in [-0.2, -0.15) is 0 Å². The van der Waals surface area contributed by atoms with Crippen molar-refractivity contribution in [3.63, 3.8) is 0 Å². The molecule has 126 valence electrons. The van der Waals surface area contributed by atoms with Gasteiger partial charge in [0.1, 0.15) is 0 Å². The fraction of sp³-hybridized carbons (Fsp3) is 1.00. The lowest BCUT2D eigenvalue weighted by atomic mass is 9.78. The van der Waals surface area contributed by atoms with Crippen LogP contribution in [0.15, 0.2) is 0 Å². The van der Waals surface area contributed by atoms with Crippen molar-refractivity contribution in [2.24, 2.45) is 5.41 Å². The quantitative estimate of drug-likeness (QED) is 0.706. The minimum Gasteiger partial charge on any atom is -0.311 e. The summed E-state index contributed by atoms with van der Waals surface area (Å²) in [6, 6.07) is 0. The van der Waals surface area contributed by atoms with Crippen molar-refractivity contribution in [2.75, 3.05) is 20.1 Å². The lowest BCUT2D eigenvalue weighted by Crippen LogP contribution is -2.52. The molecular formula is C19H40N2. The van der Waals surface area contributed by atoms with Crippen molar-refractivity contribution in [1.82, 2.24) is 10.2 Å².